The Morgan fingerprint density at radius 2 is 1.82 bits per heavy atom. The minimum absolute atomic E-state index is 0.0785. The Kier molecular flexibility index (Phi) is 7.31. The molecule has 0 saturated carbocycles. The number of rotatable bonds is 5. The highest BCUT2D eigenvalue weighted by Gasteiger charge is 2.37. The van der Waals surface area contributed by atoms with Gasteiger partial charge >= 0.3 is 6.18 Å². The van der Waals surface area contributed by atoms with Gasteiger partial charge in [-0.15, -0.1) is 0 Å². The molecular formula is C29H25Cl2F3N4O2. The molecule has 0 aliphatic carbocycles. The molecule has 0 saturated heterocycles. The van der Waals surface area contributed by atoms with Gasteiger partial charge in [0.25, 0.3) is 0 Å². The van der Waals surface area contributed by atoms with Gasteiger partial charge in [-0.3, -0.25) is 9.89 Å². The van der Waals surface area contributed by atoms with Crippen LogP contribution in [0, 0.1) is 6.92 Å². The van der Waals surface area contributed by atoms with Crippen LogP contribution in [-0.4, -0.2) is 26.7 Å². The maximum Gasteiger partial charge on any atom is 0.416 e. The fraction of sp³-hybridized carbons (Fsp3) is 0.276. The van der Waals surface area contributed by atoms with Gasteiger partial charge in [0.05, 0.1) is 34.4 Å². The van der Waals surface area contributed by atoms with Crippen molar-refractivity contribution in [3.8, 4) is 28.3 Å². The number of alkyl halides is 3. The first kappa shape index (κ1) is 28.0. The molecule has 0 fully saturated rings. The van der Waals surface area contributed by atoms with E-state index in [0.717, 1.165) is 17.8 Å². The van der Waals surface area contributed by atoms with Crippen LogP contribution >= 0.6 is 23.2 Å². The Bertz CT molecular complexity index is 1580. The average molecular weight is 589 g/mol. The predicted molar refractivity (Wildman–Crippen MR) is 147 cm³/mol. The lowest BCUT2D eigenvalue weighted by molar-refractivity contribution is -0.137. The number of hydrogen-bond acceptors (Lipinski definition) is 4. The average Bonchev–Trinajstić information content (AvgIpc) is 3.26. The van der Waals surface area contributed by atoms with Gasteiger partial charge < -0.3 is 10.1 Å². The highest BCUT2D eigenvalue weighted by molar-refractivity contribution is 6.36. The number of ether oxygens (including phenoxy) is 1. The van der Waals surface area contributed by atoms with Crippen LogP contribution in [0.2, 0.25) is 10.0 Å². The van der Waals surface area contributed by atoms with E-state index in [2.05, 4.69) is 15.5 Å². The van der Waals surface area contributed by atoms with Crippen molar-refractivity contribution >= 4 is 29.1 Å². The molecule has 40 heavy (non-hydrogen) atoms. The Hall–Kier alpha value is -3.56. The Balaban J connectivity index is 1.62. The van der Waals surface area contributed by atoms with Gasteiger partial charge in [0.2, 0.25) is 11.8 Å². The number of H-pyrrole nitrogens is 1. The van der Waals surface area contributed by atoms with Gasteiger partial charge in [-0.1, -0.05) is 35.3 Å². The summed E-state index contributed by atoms with van der Waals surface area (Å²) >= 11 is 12.7. The molecule has 208 valence electrons. The summed E-state index contributed by atoms with van der Waals surface area (Å²) in [5.41, 5.74) is 2.59. The summed E-state index contributed by atoms with van der Waals surface area (Å²) in [5, 5.41) is 10.8. The summed E-state index contributed by atoms with van der Waals surface area (Å²) in [4.78, 5) is 17.8. The number of carbonyl (C=O) groups is 1. The lowest BCUT2D eigenvalue weighted by Gasteiger charge is -2.37. The molecule has 1 aliphatic rings. The highest BCUT2D eigenvalue weighted by Crippen LogP contribution is 2.45. The number of hydrogen-bond donors (Lipinski definition) is 2. The molecule has 1 aliphatic heterocycles. The van der Waals surface area contributed by atoms with E-state index < -0.39 is 23.4 Å². The second kappa shape index (κ2) is 10.4. The van der Waals surface area contributed by atoms with Crippen LogP contribution < -0.4 is 10.1 Å². The smallest absolute Gasteiger partial charge is 0.416 e. The van der Waals surface area contributed by atoms with E-state index >= 15 is 0 Å². The van der Waals surface area contributed by atoms with E-state index in [1.165, 1.54) is 12.1 Å². The predicted octanol–water partition coefficient (Wildman–Crippen LogP) is 7.73. The first-order valence-electron chi connectivity index (χ1n) is 12.5. The maximum atomic E-state index is 13.3. The molecule has 11 heteroatoms. The first-order chi connectivity index (χ1) is 18.8. The molecule has 2 aromatic heterocycles. The van der Waals surface area contributed by atoms with Crippen molar-refractivity contribution in [1.29, 1.82) is 0 Å². The van der Waals surface area contributed by atoms with Crippen LogP contribution in [0.1, 0.15) is 48.8 Å². The summed E-state index contributed by atoms with van der Waals surface area (Å²) < 4.78 is 46.1. The second-order valence-corrected chi connectivity index (χ2v) is 11.2. The van der Waals surface area contributed by atoms with Crippen molar-refractivity contribution in [2.24, 2.45) is 0 Å². The van der Waals surface area contributed by atoms with E-state index in [4.69, 9.17) is 32.9 Å². The number of nitrogens with zero attached hydrogens (tertiary/aromatic N) is 2. The number of aromatic nitrogens is 3. The molecule has 0 spiro atoms. The number of fused-ring (bicyclic) bond motifs is 1. The monoisotopic (exact) mass is 588 g/mol. The minimum Gasteiger partial charge on any atom is -0.471 e. The van der Waals surface area contributed by atoms with Gasteiger partial charge in [-0.25, -0.2) is 4.98 Å². The molecule has 3 heterocycles. The lowest BCUT2D eigenvalue weighted by Crippen LogP contribution is -2.42. The van der Waals surface area contributed by atoms with Gasteiger partial charge in [0, 0.05) is 33.8 Å². The number of amides is 1. The fourth-order valence-corrected chi connectivity index (χ4v) is 5.30. The van der Waals surface area contributed by atoms with E-state index in [0.29, 0.717) is 56.0 Å². The van der Waals surface area contributed by atoms with E-state index in [-0.39, 0.29) is 12.3 Å². The van der Waals surface area contributed by atoms with Crippen LogP contribution in [0.15, 0.2) is 54.6 Å². The first-order valence-corrected chi connectivity index (χ1v) is 13.2. The van der Waals surface area contributed by atoms with Crippen molar-refractivity contribution < 1.29 is 22.7 Å². The third-order valence-electron chi connectivity index (χ3n) is 6.60. The molecule has 1 amide bonds. The van der Waals surface area contributed by atoms with Crippen molar-refractivity contribution in [3.05, 3.63) is 87.2 Å². The highest BCUT2D eigenvalue weighted by atomic mass is 35.5. The number of carbonyl (C=O) groups excluding carboxylic acids is 1. The topological polar surface area (TPSA) is 79.9 Å². The Morgan fingerprint density at radius 1 is 1.10 bits per heavy atom. The summed E-state index contributed by atoms with van der Waals surface area (Å²) in [5.74, 6) is 0.0647. The molecule has 1 unspecified atom stereocenters. The normalized spacial score (nSPS) is 16.2. The summed E-state index contributed by atoms with van der Waals surface area (Å²) in [6.07, 6.45) is -3.95. The van der Waals surface area contributed by atoms with E-state index in [9.17, 15) is 18.0 Å². The third-order valence-corrected chi connectivity index (χ3v) is 7.15. The standard InChI is InChI=1S/C29H25Cl2F3N4O2/c1-15-10-19(38-37-15)12-25(39)35-24-14-28(2,3)40-27-22(24)13-21(16-4-6-17(7-5-16)29(32,33)34)26(36-27)20-9-8-18(30)11-23(20)31/h4-11,13,24H,12,14H2,1-3H3,(H,35,39)(H,37,38). The van der Waals surface area contributed by atoms with Gasteiger partial charge in [0.15, 0.2) is 0 Å². The zero-order valence-electron chi connectivity index (χ0n) is 21.8. The summed E-state index contributed by atoms with van der Waals surface area (Å²) in [7, 11) is 0. The van der Waals surface area contributed by atoms with Crippen LogP contribution in [0.5, 0.6) is 5.88 Å². The SMILES string of the molecule is Cc1cc(CC(=O)NC2CC(C)(C)Oc3nc(-c4ccc(Cl)cc4Cl)c(-c4ccc(C(F)(F)F)cc4)cc32)n[nH]1. The quantitative estimate of drug-likeness (QED) is 0.250. The number of aromatic amines is 1. The van der Waals surface area contributed by atoms with Gasteiger partial charge in [-0.05, 0) is 68.8 Å². The largest absolute Gasteiger partial charge is 0.471 e. The molecule has 5 rings (SSSR count). The molecule has 0 radical (unpaired) electrons. The molecule has 2 N–H and O–H groups in total. The lowest BCUT2D eigenvalue weighted by atomic mass is 9.88. The molecule has 6 nitrogen and oxygen atoms in total. The van der Waals surface area contributed by atoms with E-state index in [1.807, 2.05) is 20.8 Å². The van der Waals surface area contributed by atoms with Crippen molar-refractivity contribution in [2.45, 2.75) is 51.4 Å². The minimum atomic E-state index is -4.48. The van der Waals surface area contributed by atoms with Crippen molar-refractivity contribution in [2.75, 3.05) is 0 Å². The van der Waals surface area contributed by atoms with Crippen LogP contribution in [0.4, 0.5) is 13.2 Å². The summed E-state index contributed by atoms with van der Waals surface area (Å²) in [6.45, 7) is 5.64. The van der Waals surface area contributed by atoms with Crippen LogP contribution in [0.3, 0.4) is 0 Å². The number of halogens is 5. The fourth-order valence-electron chi connectivity index (χ4n) is 4.80. The van der Waals surface area contributed by atoms with E-state index in [1.54, 1.807) is 30.3 Å². The zero-order chi connectivity index (χ0) is 28.8. The summed E-state index contributed by atoms with van der Waals surface area (Å²) in [6, 6.07) is 12.9. The Morgan fingerprint density at radius 3 is 2.45 bits per heavy atom. The van der Waals surface area contributed by atoms with Crippen molar-refractivity contribution in [1.82, 2.24) is 20.5 Å². The second-order valence-electron chi connectivity index (χ2n) is 10.4. The van der Waals surface area contributed by atoms with Gasteiger partial charge in [0.1, 0.15) is 5.60 Å². The van der Waals surface area contributed by atoms with Gasteiger partial charge in [-0.2, -0.15) is 18.3 Å². The van der Waals surface area contributed by atoms with Crippen LogP contribution in [-0.2, 0) is 17.4 Å². The number of aryl methyl sites for hydroxylation is 1. The zero-order valence-corrected chi connectivity index (χ0v) is 23.3. The molecule has 1 atom stereocenters. The number of pyridine rings is 1. The molecular weight excluding hydrogens is 564 g/mol. The maximum absolute atomic E-state index is 13.3. The van der Waals surface area contributed by atoms with Crippen molar-refractivity contribution in [3.63, 3.8) is 0 Å². The molecule has 0 bridgehead atoms. The number of benzene rings is 2. The molecule has 4 aromatic rings. The van der Waals surface area contributed by atoms with Crippen LogP contribution in [0.25, 0.3) is 22.4 Å². The number of nitrogens with one attached hydrogen (secondary N) is 2. The molecule has 2 aromatic carbocycles. The Labute approximate surface area is 238 Å². The third kappa shape index (κ3) is 5.95.